The Morgan fingerprint density at radius 2 is 1.95 bits per heavy atom. The highest BCUT2D eigenvalue weighted by Crippen LogP contribution is 2.29. The van der Waals surface area contributed by atoms with E-state index < -0.39 is 0 Å². The molecule has 0 unspecified atom stereocenters. The molecule has 0 atom stereocenters. The minimum absolute atomic E-state index is 0.249. The van der Waals surface area contributed by atoms with E-state index in [4.69, 9.17) is 10.5 Å². The summed E-state index contributed by atoms with van der Waals surface area (Å²) >= 11 is 1.44. The number of anilines is 1. The van der Waals surface area contributed by atoms with Gasteiger partial charge in [-0.15, -0.1) is 0 Å². The quantitative estimate of drug-likeness (QED) is 0.905. The lowest BCUT2D eigenvalue weighted by Gasteiger charge is -2.08. The SMILES string of the molecule is CCCOc1nc(Sc2ccc(F)cc2)ccc1N. The Kier molecular flexibility index (Phi) is 4.63. The van der Waals surface area contributed by atoms with Crippen LogP contribution in [0.3, 0.4) is 0 Å². The predicted octanol–water partition coefficient (Wildman–Crippen LogP) is 3.74. The normalized spacial score (nSPS) is 10.4. The number of rotatable bonds is 5. The smallest absolute Gasteiger partial charge is 0.238 e. The number of aromatic nitrogens is 1. The summed E-state index contributed by atoms with van der Waals surface area (Å²) in [4.78, 5) is 5.27. The van der Waals surface area contributed by atoms with Crippen molar-refractivity contribution < 1.29 is 9.13 Å². The van der Waals surface area contributed by atoms with Gasteiger partial charge in [0.1, 0.15) is 10.8 Å². The van der Waals surface area contributed by atoms with Crippen LogP contribution in [0.4, 0.5) is 10.1 Å². The lowest BCUT2D eigenvalue weighted by Crippen LogP contribution is -2.01. The molecule has 100 valence electrons. The van der Waals surface area contributed by atoms with Gasteiger partial charge in [-0.25, -0.2) is 9.37 Å². The van der Waals surface area contributed by atoms with E-state index in [0.717, 1.165) is 16.3 Å². The summed E-state index contributed by atoms with van der Waals surface area (Å²) in [5, 5.41) is 0.770. The van der Waals surface area contributed by atoms with Crippen molar-refractivity contribution in [3.8, 4) is 5.88 Å². The van der Waals surface area contributed by atoms with Gasteiger partial charge in [-0.05, 0) is 42.8 Å². The Morgan fingerprint density at radius 1 is 1.21 bits per heavy atom. The van der Waals surface area contributed by atoms with Crippen molar-refractivity contribution in [2.24, 2.45) is 0 Å². The molecule has 1 aromatic heterocycles. The van der Waals surface area contributed by atoms with Crippen molar-refractivity contribution in [1.29, 1.82) is 0 Å². The van der Waals surface area contributed by atoms with Gasteiger partial charge in [-0.3, -0.25) is 0 Å². The fourth-order valence-electron chi connectivity index (χ4n) is 1.43. The second kappa shape index (κ2) is 6.43. The molecular weight excluding hydrogens is 263 g/mol. The molecular formula is C14H15FN2OS. The van der Waals surface area contributed by atoms with E-state index in [-0.39, 0.29) is 5.82 Å². The fraction of sp³-hybridized carbons (Fsp3) is 0.214. The Balaban J connectivity index is 2.14. The minimum atomic E-state index is -0.249. The summed E-state index contributed by atoms with van der Waals surface area (Å²) in [6.45, 7) is 2.61. The van der Waals surface area contributed by atoms with E-state index in [0.29, 0.717) is 18.2 Å². The zero-order chi connectivity index (χ0) is 13.7. The van der Waals surface area contributed by atoms with Gasteiger partial charge in [0.25, 0.3) is 0 Å². The number of nitrogens with zero attached hydrogens (tertiary/aromatic N) is 1. The van der Waals surface area contributed by atoms with E-state index in [1.54, 1.807) is 18.2 Å². The van der Waals surface area contributed by atoms with Gasteiger partial charge in [0.2, 0.25) is 5.88 Å². The van der Waals surface area contributed by atoms with Crippen LogP contribution >= 0.6 is 11.8 Å². The average molecular weight is 278 g/mol. The van der Waals surface area contributed by atoms with Gasteiger partial charge < -0.3 is 10.5 Å². The lowest BCUT2D eigenvalue weighted by molar-refractivity contribution is 0.305. The zero-order valence-corrected chi connectivity index (χ0v) is 11.4. The van der Waals surface area contributed by atoms with Crippen molar-refractivity contribution in [1.82, 2.24) is 4.98 Å². The Morgan fingerprint density at radius 3 is 2.63 bits per heavy atom. The number of nitrogens with two attached hydrogens (primary N) is 1. The summed E-state index contributed by atoms with van der Waals surface area (Å²) in [5.74, 6) is 0.204. The van der Waals surface area contributed by atoms with Crippen LogP contribution < -0.4 is 10.5 Å². The maximum Gasteiger partial charge on any atom is 0.238 e. The van der Waals surface area contributed by atoms with Crippen molar-refractivity contribution in [3.63, 3.8) is 0 Å². The fourth-order valence-corrected chi connectivity index (χ4v) is 2.21. The number of pyridine rings is 1. The first kappa shape index (κ1) is 13.7. The molecule has 0 fully saturated rings. The van der Waals surface area contributed by atoms with Crippen LogP contribution in [0, 0.1) is 5.82 Å². The third-order valence-electron chi connectivity index (χ3n) is 2.34. The van der Waals surface area contributed by atoms with Crippen LogP contribution in [0.2, 0.25) is 0 Å². The van der Waals surface area contributed by atoms with Crippen LogP contribution in [-0.2, 0) is 0 Å². The largest absolute Gasteiger partial charge is 0.476 e. The van der Waals surface area contributed by atoms with Gasteiger partial charge >= 0.3 is 0 Å². The van der Waals surface area contributed by atoms with Gasteiger partial charge in [-0.2, -0.15) is 0 Å². The molecule has 5 heteroatoms. The zero-order valence-electron chi connectivity index (χ0n) is 10.6. The molecule has 0 saturated heterocycles. The van der Waals surface area contributed by atoms with E-state index in [9.17, 15) is 4.39 Å². The van der Waals surface area contributed by atoms with Crippen LogP contribution in [0.15, 0.2) is 46.3 Å². The first-order chi connectivity index (χ1) is 9.19. The highest BCUT2D eigenvalue weighted by molar-refractivity contribution is 7.99. The molecule has 0 saturated carbocycles. The average Bonchev–Trinajstić information content (AvgIpc) is 2.42. The van der Waals surface area contributed by atoms with Gasteiger partial charge in [0, 0.05) is 4.90 Å². The molecule has 2 N–H and O–H groups in total. The third-order valence-corrected chi connectivity index (χ3v) is 3.29. The molecule has 3 nitrogen and oxygen atoms in total. The van der Waals surface area contributed by atoms with Gasteiger partial charge in [-0.1, -0.05) is 18.7 Å². The molecule has 0 amide bonds. The Bertz CT molecular complexity index is 546. The second-order valence-corrected chi connectivity index (χ2v) is 5.04. The predicted molar refractivity (Wildman–Crippen MR) is 75.0 cm³/mol. The minimum Gasteiger partial charge on any atom is -0.476 e. The number of hydrogen-bond acceptors (Lipinski definition) is 4. The topological polar surface area (TPSA) is 48.1 Å². The van der Waals surface area contributed by atoms with Crippen molar-refractivity contribution in [2.45, 2.75) is 23.3 Å². The molecule has 0 spiro atoms. The Labute approximate surface area is 116 Å². The van der Waals surface area contributed by atoms with Crippen molar-refractivity contribution in [2.75, 3.05) is 12.3 Å². The Hall–Kier alpha value is -1.75. The maximum atomic E-state index is 12.8. The van der Waals surface area contributed by atoms with Crippen LogP contribution in [0.25, 0.3) is 0 Å². The van der Waals surface area contributed by atoms with Gasteiger partial charge in [0.15, 0.2) is 0 Å². The molecule has 19 heavy (non-hydrogen) atoms. The molecule has 0 aliphatic heterocycles. The monoisotopic (exact) mass is 278 g/mol. The van der Waals surface area contributed by atoms with E-state index in [1.807, 2.05) is 13.0 Å². The summed E-state index contributed by atoms with van der Waals surface area (Å²) in [6, 6.07) is 9.86. The van der Waals surface area contributed by atoms with E-state index in [1.165, 1.54) is 23.9 Å². The highest BCUT2D eigenvalue weighted by Gasteiger charge is 2.06. The number of nitrogen functional groups attached to an aromatic ring is 1. The summed E-state index contributed by atoms with van der Waals surface area (Å²) in [6.07, 6.45) is 0.899. The molecule has 2 rings (SSSR count). The second-order valence-electron chi connectivity index (χ2n) is 3.95. The standard InChI is InChI=1S/C14H15FN2OS/c1-2-9-18-14-12(16)7-8-13(17-14)19-11-5-3-10(15)4-6-11/h3-8H,2,9,16H2,1H3. The van der Waals surface area contributed by atoms with Crippen LogP contribution in [0.1, 0.15) is 13.3 Å². The maximum absolute atomic E-state index is 12.8. The summed E-state index contributed by atoms with van der Waals surface area (Å²) in [5.41, 5.74) is 6.32. The number of benzene rings is 1. The van der Waals surface area contributed by atoms with Crippen LogP contribution in [-0.4, -0.2) is 11.6 Å². The first-order valence-corrected chi connectivity index (χ1v) is 6.83. The van der Waals surface area contributed by atoms with Crippen molar-refractivity contribution >= 4 is 17.4 Å². The molecule has 0 aliphatic carbocycles. The van der Waals surface area contributed by atoms with Gasteiger partial charge in [0.05, 0.1) is 12.3 Å². The van der Waals surface area contributed by atoms with E-state index >= 15 is 0 Å². The first-order valence-electron chi connectivity index (χ1n) is 6.02. The molecule has 0 aliphatic rings. The molecule has 0 bridgehead atoms. The summed E-state index contributed by atoms with van der Waals surface area (Å²) < 4.78 is 18.3. The number of hydrogen-bond donors (Lipinski definition) is 1. The summed E-state index contributed by atoms with van der Waals surface area (Å²) in [7, 11) is 0. The third kappa shape index (κ3) is 3.86. The molecule has 1 heterocycles. The van der Waals surface area contributed by atoms with Crippen molar-refractivity contribution in [3.05, 3.63) is 42.2 Å². The lowest BCUT2D eigenvalue weighted by atomic mass is 10.4. The molecule has 0 radical (unpaired) electrons. The number of ether oxygens (including phenoxy) is 1. The molecule has 2 aromatic rings. The number of halogens is 1. The van der Waals surface area contributed by atoms with E-state index in [2.05, 4.69) is 4.98 Å². The molecule has 1 aromatic carbocycles. The van der Waals surface area contributed by atoms with Crippen LogP contribution in [0.5, 0.6) is 5.88 Å². The highest BCUT2D eigenvalue weighted by atomic mass is 32.2.